The molecular weight excluding hydrogens is 525 g/mol. The van der Waals surface area contributed by atoms with Gasteiger partial charge in [-0.15, -0.1) is 0 Å². The second-order valence-corrected chi connectivity index (χ2v) is 10.8. The van der Waals surface area contributed by atoms with Crippen LogP contribution in [-0.2, 0) is 32.5 Å². The van der Waals surface area contributed by atoms with Gasteiger partial charge < -0.3 is 20.9 Å². The minimum absolute atomic E-state index is 0.0136. The van der Waals surface area contributed by atoms with Gasteiger partial charge in [-0.05, 0) is 68.0 Å². The van der Waals surface area contributed by atoms with Gasteiger partial charge in [0.05, 0.1) is 10.6 Å². The van der Waals surface area contributed by atoms with Gasteiger partial charge in [-0.25, -0.2) is 13.2 Å². The predicted octanol–water partition coefficient (Wildman–Crippen LogP) is 3.36. The lowest BCUT2D eigenvalue weighted by atomic mass is 10.0. The summed E-state index contributed by atoms with van der Waals surface area (Å²) in [6.07, 6.45) is -0.266. The Hall–Kier alpha value is -3.96. The van der Waals surface area contributed by atoms with E-state index in [-0.39, 0.29) is 22.8 Å². The van der Waals surface area contributed by atoms with E-state index in [0.717, 1.165) is 18.4 Å². The fourth-order valence-corrected chi connectivity index (χ4v) is 5.02. The number of rotatable bonds is 14. The molecule has 3 aromatic carbocycles. The number of halogens is 1. The molecule has 0 fully saturated rings. The molecular formula is C28H32FN3O6S. The van der Waals surface area contributed by atoms with Gasteiger partial charge in [0.1, 0.15) is 11.8 Å². The number of amides is 1. The predicted molar refractivity (Wildman–Crippen MR) is 145 cm³/mol. The average molecular weight is 558 g/mol. The number of nitrogens with one attached hydrogen (secondary N) is 2. The van der Waals surface area contributed by atoms with Crippen LogP contribution in [0, 0.1) is 6.92 Å². The highest BCUT2D eigenvalue weighted by molar-refractivity contribution is 7.89. The Labute approximate surface area is 227 Å². The van der Waals surface area contributed by atoms with Crippen molar-refractivity contribution in [3.8, 4) is 5.75 Å². The van der Waals surface area contributed by atoms with Gasteiger partial charge >= 0.3 is 12.3 Å². The first-order valence-electron chi connectivity index (χ1n) is 12.4. The van der Waals surface area contributed by atoms with Crippen molar-refractivity contribution in [1.82, 2.24) is 10.0 Å². The van der Waals surface area contributed by atoms with E-state index in [4.69, 9.17) is 10.8 Å². The molecule has 39 heavy (non-hydrogen) atoms. The van der Waals surface area contributed by atoms with Crippen molar-refractivity contribution in [2.24, 2.45) is 0 Å². The second kappa shape index (κ2) is 13.7. The number of carboxylic acid groups (broad SMARTS) is 1. The van der Waals surface area contributed by atoms with E-state index in [2.05, 4.69) is 14.8 Å². The summed E-state index contributed by atoms with van der Waals surface area (Å²) < 4.78 is 46.7. The van der Waals surface area contributed by atoms with E-state index < -0.39 is 34.3 Å². The molecule has 208 valence electrons. The van der Waals surface area contributed by atoms with E-state index in [1.165, 1.54) is 35.9 Å². The maximum atomic E-state index is 13.4. The fourth-order valence-electron chi connectivity index (χ4n) is 3.82. The molecule has 0 aromatic heterocycles. The number of nitrogen functional groups attached to an aromatic ring is 1. The van der Waals surface area contributed by atoms with Crippen molar-refractivity contribution in [2.45, 2.75) is 49.9 Å². The van der Waals surface area contributed by atoms with Crippen LogP contribution in [0.5, 0.6) is 5.75 Å². The normalized spacial score (nSPS) is 12.9. The maximum absolute atomic E-state index is 13.4. The zero-order chi connectivity index (χ0) is 28.4. The number of aryl methyl sites for hydroxylation is 2. The molecule has 0 aliphatic rings. The van der Waals surface area contributed by atoms with Gasteiger partial charge in [0, 0.05) is 6.54 Å². The number of ether oxygens (including phenoxy) is 1. The van der Waals surface area contributed by atoms with Crippen molar-refractivity contribution in [3.05, 3.63) is 89.5 Å². The summed E-state index contributed by atoms with van der Waals surface area (Å²) in [6.45, 7) is 2.19. The van der Waals surface area contributed by atoms with Crippen LogP contribution in [0.25, 0.3) is 0 Å². The first kappa shape index (κ1) is 29.6. The van der Waals surface area contributed by atoms with Gasteiger partial charge in [-0.1, -0.05) is 54.1 Å². The zero-order valence-corrected chi connectivity index (χ0v) is 22.3. The Morgan fingerprint density at radius 3 is 2.33 bits per heavy atom. The Bertz CT molecular complexity index is 1370. The van der Waals surface area contributed by atoms with Gasteiger partial charge in [-0.2, -0.15) is 9.11 Å². The molecule has 9 nitrogen and oxygen atoms in total. The van der Waals surface area contributed by atoms with Crippen LogP contribution in [0.1, 0.15) is 29.5 Å². The zero-order valence-electron chi connectivity index (χ0n) is 21.5. The molecule has 0 bridgehead atoms. The second-order valence-electron chi connectivity index (χ2n) is 9.07. The summed E-state index contributed by atoms with van der Waals surface area (Å²) in [7, 11) is -4.04. The summed E-state index contributed by atoms with van der Waals surface area (Å²) in [6, 6.07) is 19.1. The Balaban J connectivity index is 1.70. The lowest BCUT2D eigenvalue weighted by Crippen LogP contribution is -2.48. The summed E-state index contributed by atoms with van der Waals surface area (Å²) in [5.41, 5.74) is 8.37. The number of benzene rings is 3. The molecule has 2 unspecified atom stereocenters. The molecule has 0 spiro atoms. The molecule has 0 saturated carbocycles. The van der Waals surface area contributed by atoms with Gasteiger partial charge in [0.2, 0.25) is 15.9 Å². The van der Waals surface area contributed by atoms with Crippen LogP contribution in [0.3, 0.4) is 0 Å². The summed E-state index contributed by atoms with van der Waals surface area (Å²) in [5.74, 6) is -2.50. The molecule has 5 N–H and O–H groups in total. The lowest BCUT2D eigenvalue weighted by molar-refractivity contribution is -0.153. The SMILES string of the molecule is Cc1ccc(S(=O)(=O)NC(Cc2ccc(OC(F)C(=O)O)c(N)c2)C(=O)NCCCCc2ccccc2)cc1. The van der Waals surface area contributed by atoms with Crippen molar-refractivity contribution in [3.63, 3.8) is 0 Å². The fraction of sp³-hybridized carbons (Fsp3) is 0.286. The Morgan fingerprint density at radius 1 is 1.00 bits per heavy atom. The number of sulfonamides is 1. The standard InChI is InChI=1S/C28H32FN3O6S/c1-19-10-13-22(14-11-19)39(36,37)32-24(27(33)31-16-6-5-9-20-7-3-2-4-8-20)18-21-12-15-25(23(30)17-21)38-26(29)28(34)35/h2-4,7-8,10-15,17,24,26,32H,5-6,9,16,18,30H2,1H3,(H,31,33)(H,34,35). The van der Waals surface area contributed by atoms with Crippen molar-refractivity contribution in [2.75, 3.05) is 12.3 Å². The first-order chi connectivity index (χ1) is 18.5. The van der Waals surface area contributed by atoms with E-state index in [1.807, 2.05) is 37.3 Å². The largest absolute Gasteiger partial charge is 0.476 e. The number of anilines is 1. The number of carbonyl (C=O) groups is 2. The monoisotopic (exact) mass is 557 g/mol. The highest BCUT2D eigenvalue weighted by Gasteiger charge is 2.26. The molecule has 0 aliphatic carbocycles. The quantitative estimate of drug-likeness (QED) is 0.175. The van der Waals surface area contributed by atoms with Crippen molar-refractivity contribution >= 4 is 27.6 Å². The summed E-state index contributed by atoms with van der Waals surface area (Å²) >= 11 is 0. The topological polar surface area (TPSA) is 148 Å². The number of nitrogens with two attached hydrogens (primary N) is 1. The number of hydrogen-bond donors (Lipinski definition) is 4. The minimum Gasteiger partial charge on any atom is -0.476 e. The molecule has 0 radical (unpaired) electrons. The average Bonchev–Trinajstić information content (AvgIpc) is 2.90. The minimum atomic E-state index is -4.04. The Kier molecular flexibility index (Phi) is 10.4. The number of unbranched alkanes of at least 4 members (excludes halogenated alkanes) is 1. The molecule has 2 atom stereocenters. The molecule has 0 aliphatic heterocycles. The van der Waals surface area contributed by atoms with Crippen LogP contribution in [0.15, 0.2) is 77.7 Å². The van der Waals surface area contributed by atoms with Crippen LogP contribution in [-0.4, -0.2) is 44.3 Å². The van der Waals surface area contributed by atoms with E-state index >= 15 is 0 Å². The number of carbonyl (C=O) groups excluding carboxylic acids is 1. The summed E-state index contributed by atoms with van der Waals surface area (Å²) in [5, 5.41) is 11.5. The molecule has 3 aromatic rings. The Morgan fingerprint density at radius 2 is 1.69 bits per heavy atom. The van der Waals surface area contributed by atoms with Crippen molar-refractivity contribution < 1.29 is 32.2 Å². The highest BCUT2D eigenvalue weighted by Crippen LogP contribution is 2.25. The molecule has 3 rings (SSSR count). The maximum Gasteiger partial charge on any atom is 0.378 e. The lowest BCUT2D eigenvalue weighted by Gasteiger charge is -2.20. The van der Waals surface area contributed by atoms with E-state index in [9.17, 15) is 22.4 Å². The van der Waals surface area contributed by atoms with Gasteiger partial charge in [-0.3, -0.25) is 4.79 Å². The number of aliphatic carboxylic acids is 1. The van der Waals surface area contributed by atoms with Crippen LogP contribution >= 0.6 is 0 Å². The summed E-state index contributed by atoms with van der Waals surface area (Å²) in [4.78, 5) is 23.8. The number of alkyl halides is 1. The third kappa shape index (κ3) is 9.08. The highest BCUT2D eigenvalue weighted by atomic mass is 32.2. The van der Waals surface area contributed by atoms with Crippen LogP contribution < -0.4 is 20.5 Å². The molecule has 11 heteroatoms. The van der Waals surface area contributed by atoms with Gasteiger partial charge in [0.15, 0.2) is 0 Å². The molecule has 0 heterocycles. The number of carboxylic acids is 1. The van der Waals surface area contributed by atoms with E-state index in [1.54, 1.807) is 12.1 Å². The first-order valence-corrected chi connectivity index (χ1v) is 13.9. The third-order valence-corrected chi connectivity index (χ3v) is 7.41. The smallest absolute Gasteiger partial charge is 0.378 e. The van der Waals surface area contributed by atoms with E-state index in [0.29, 0.717) is 18.5 Å². The number of hydrogen-bond acceptors (Lipinski definition) is 6. The van der Waals surface area contributed by atoms with Gasteiger partial charge in [0.25, 0.3) is 0 Å². The third-order valence-electron chi connectivity index (χ3n) is 5.92. The molecule has 1 amide bonds. The molecule has 0 saturated heterocycles. The van der Waals surface area contributed by atoms with Crippen molar-refractivity contribution in [1.29, 1.82) is 0 Å². The van der Waals surface area contributed by atoms with Crippen LogP contribution in [0.4, 0.5) is 10.1 Å². The van der Waals surface area contributed by atoms with Crippen LogP contribution in [0.2, 0.25) is 0 Å².